The molecule has 0 aliphatic heterocycles. The van der Waals surface area contributed by atoms with Crippen molar-refractivity contribution < 1.29 is 4.79 Å². The van der Waals surface area contributed by atoms with Crippen molar-refractivity contribution in [3.05, 3.63) is 76.3 Å². The van der Waals surface area contributed by atoms with Crippen molar-refractivity contribution in [1.29, 1.82) is 0 Å². The maximum absolute atomic E-state index is 12.8. The predicted octanol–water partition coefficient (Wildman–Crippen LogP) is 4.16. The monoisotopic (exact) mass is 385 g/mol. The van der Waals surface area contributed by atoms with Crippen LogP contribution in [0.2, 0.25) is 0 Å². The van der Waals surface area contributed by atoms with Gasteiger partial charge in [0.05, 0.1) is 6.54 Å². The molecule has 0 saturated carbocycles. The lowest BCUT2D eigenvalue weighted by Gasteiger charge is -2.19. The first kappa shape index (κ1) is 16.6. The zero-order valence-electron chi connectivity index (χ0n) is 14.0. The van der Waals surface area contributed by atoms with E-state index in [0.29, 0.717) is 12.1 Å². The molecule has 0 radical (unpaired) electrons. The van der Waals surface area contributed by atoms with Crippen molar-refractivity contribution in [3.8, 4) is 5.69 Å². The number of aromatic nitrogens is 2. The summed E-state index contributed by atoms with van der Waals surface area (Å²) >= 11 is 3.47. The predicted molar refractivity (Wildman–Crippen MR) is 99.4 cm³/mol. The van der Waals surface area contributed by atoms with Crippen molar-refractivity contribution in [2.45, 2.75) is 13.5 Å². The fraction of sp³-hybridized carbons (Fsp3) is 0.211. The number of aryl methyl sites for hydroxylation is 2. The van der Waals surface area contributed by atoms with E-state index in [-0.39, 0.29) is 5.91 Å². The molecule has 2 aromatic heterocycles. The largest absolute Gasteiger partial charge is 0.352 e. The van der Waals surface area contributed by atoms with Crippen LogP contribution in [0.15, 0.2) is 59.5 Å². The van der Waals surface area contributed by atoms with E-state index in [1.54, 1.807) is 4.90 Å². The molecule has 0 fully saturated rings. The first-order chi connectivity index (χ1) is 11.5. The Morgan fingerprint density at radius 2 is 1.92 bits per heavy atom. The number of halogens is 1. The van der Waals surface area contributed by atoms with Crippen molar-refractivity contribution >= 4 is 21.8 Å². The molecule has 1 aromatic carbocycles. The Morgan fingerprint density at radius 1 is 1.21 bits per heavy atom. The minimum atomic E-state index is 0.0146. The zero-order valence-corrected chi connectivity index (χ0v) is 15.6. The molecule has 4 nitrogen and oxygen atoms in total. The number of hydrogen-bond donors (Lipinski definition) is 0. The van der Waals surface area contributed by atoms with Crippen LogP contribution in [-0.4, -0.2) is 27.0 Å². The third-order valence-electron chi connectivity index (χ3n) is 4.16. The van der Waals surface area contributed by atoms with E-state index in [9.17, 15) is 4.79 Å². The highest BCUT2D eigenvalue weighted by molar-refractivity contribution is 9.10. The summed E-state index contributed by atoms with van der Waals surface area (Å²) in [5.41, 5.74) is 3.94. The molecule has 0 aliphatic carbocycles. The zero-order chi connectivity index (χ0) is 17.3. The molecule has 0 N–H and O–H groups in total. The van der Waals surface area contributed by atoms with Crippen molar-refractivity contribution in [3.63, 3.8) is 0 Å². The number of carbonyl (C=O) groups excluding carboxylic acids is 1. The Balaban J connectivity index is 1.84. The highest BCUT2D eigenvalue weighted by atomic mass is 79.9. The molecule has 1 amide bonds. The van der Waals surface area contributed by atoms with Crippen LogP contribution in [0.1, 0.15) is 21.6 Å². The highest BCUT2D eigenvalue weighted by Gasteiger charge is 2.15. The highest BCUT2D eigenvalue weighted by Crippen LogP contribution is 2.19. The van der Waals surface area contributed by atoms with Crippen molar-refractivity contribution in [2.75, 3.05) is 7.05 Å². The number of hydrogen-bond acceptors (Lipinski definition) is 1. The van der Waals surface area contributed by atoms with Gasteiger partial charge in [-0.15, -0.1) is 0 Å². The summed E-state index contributed by atoms with van der Waals surface area (Å²) < 4.78 is 5.07. The standard InChI is InChI=1S/C19H20BrN3O/c1-14-6-7-15(10-18(14)23-8-4-5-9-23)19(24)22(3)13-17-11-16(20)12-21(17)2/h4-12H,13H2,1-3H3. The average molecular weight is 386 g/mol. The van der Waals surface area contributed by atoms with Crippen LogP contribution in [0.4, 0.5) is 0 Å². The molecular weight excluding hydrogens is 366 g/mol. The summed E-state index contributed by atoms with van der Waals surface area (Å²) in [6.45, 7) is 2.61. The van der Waals surface area contributed by atoms with Crippen LogP contribution < -0.4 is 0 Å². The van der Waals surface area contributed by atoms with E-state index in [0.717, 1.165) is 21.4 Å². The number of amides is 1. The molecule has 2 heterocycles. The van der Waals surface area contributed by atoms with Gasteiger partial charge in [-0.1, -0.05) is 6.07 Å². The Kier molecular flexibility index (Phi) is 4.62. The molecule has 124 valence electrons. The van der Waals surface area contributed by atoms with Gasteiger partial charge in [0.2, 0.25) is 0 Å². The summed E-state index contributed by atoms with van der Waals surface area (Å²) in [6, 6.07) is 11.8. The lowest BCUT2D eigenvalue weighted by atomic mass is 10.1. The summed E-state index contributed by atoms with van der Waals surface area (Å²) in [4.78, 5) is 14.5. The lowest BCUT2D eigenvalue weighted by molar-refractivity contribution is 0.0782. The van der Waals surface area contributed by atoms with Gasteiger partial charge in [0.15, 0.2) is 0 Å². The fourth-order valence-electron chi connectivity index (χ4n) is 2.77. The van der Waals surface area contributed by atoms with Crippen LogP contribution in [0.25, 0.3) is 5.69 Å². The van der Waals surface area contributed by atoms with Crippen LogP contribution in [0, 0.1) is 6.92 Å². The molecule has 0 unspecified atom stereocenters. The molecule has 0 bridgehead atoms. The third kappa shape index (κ3) is 3.31. The van der Waals surface area contributed by atoms with Crippen LogP contribution in [-0.2, 0) is 13.6 Å². The molecule has 3 rings (SSSR count). The number of rotatable bonds is 4. The quantitative estimate of drug-likeness (QED) is 0.662. The Bertz CT molecular complexity index is 865. The van der Waals surface area contributed by atoms with Gasteiger partial charge in [-0.05, 0) is 58.7 Å². The van der Waals surface area contributed by atoms with E-state index in [2.05, 4.69) is 22.9 Å². The van der Waals surface area contributed by atoms with E-state index in [1.165, 1.54) is 0 Å². The van der Waals surface area contributed by atoms with Gasteiger partial charge < -0.3 is 14.0 Å². The first-order valence-corrected chi connectivity index (χ1v) is 8.55. The van der Waals surface area contributed by atoms with Crippen molar-refractivity contribution in [2.24, 2.45) is 7.05 Å². The third-order valence-corrected chi connectivity index (χ3v) is 4.59. The summed E-state index contributed by atoms with van der Waals surface area (Å²) in [6.07, 6.45) is 5.97. The summed E-state index contributed by atoms with van der Waals surface area (Å²) in [5, 5.41) is 0. The second-order valence-corrected chi connectivity index (χ2v) is 6.93. The fourth-order valence-corrected chi connectivity index (χ4v) is 3.35. The number of carbonyl (C=O) groups is 1. The van der Waals surface area contributed by atoms with E-state index >= 15 is 0 Å². The Hall–Kier alpha value is -2.27. The molecule has 0 atom stereocenters. The molecule has 24 heavy (non-hydrogen) atoms. The molecule has 0 aliphatic rings. The van der Waals surface area contributed by atoms with Gasteiger partial charge in [0, 0.05) is 54.1 Å². The first-order valence-electron chi connectivity index (χ1n) is 7.76. The average Bonchev–Trinajstić information content (AvgIpc) is 3.17. The van der Waals surface area contributed by atoms with Gasteiger partial charge in [-0.25, -0.2) is 0 Å². The topological polar surface area (TPSA) is 30.2 Å². The lowest BCUT2D eigenvalue weighted by Crippen LogP contribution is -2.27. The van der Waals surface area contributed by atoms with Crippen molar-refractivity contribution in [1.82, 2.24) is 14.0 Å². The SMILES string of the molecule is Cc1ccc(C(=O)N(C)Cc2cc(Br)cn2C)cc1-n1cccc1. The van der Waals surface area contributed by atoms with Crippen LogP contribution >= 0.6 is 15.9 Å². The van der Waals surface area contributed by atoms with E-state index < -0.39 is 0 Å². The smallest absolute Gasteiger partial charge is 0.254 e. The number of nitrogens with zero attached hydrogens (tertiary/aromatic N) is 3. The molecule has 0 saturated heterocycles. The van der Waals surface area contributed by atoms with E-state index in [1.807, 2.05) is 78.2 Å². The minimum Gasteiger partial charge on any atom is -0.352 e. The molecule has 0 spiro atoms. The van der Waals surface area contributed by atoms with Gasteiger partial charge in [-0.3, -0.25) is 4.79 Å². The van der Waals surface area contributed by atoms with Gasteiger partial charge in [0.1, 0.15) is 0 Å². The Labute approximate surface area is 150 Å². The van der Waals surface area contributed by atoms with Crippen LogP contribution in [0.5, 0.6) is 0 Å². The maximum atomic E-state index is 12.8. The Morgan fingerprint density at radius 3 is 2.54 bits per heavy atom. The molecule has 3 aromatic rings. The second-order valence-electron chi connectivity index (χ2n) is 6.01. The summed E-state index contributed by atoms with van der Waals surface area (Å²) in [5.74, 6) is 0.0146. The second kappa shape index (κ2) is 6.69. The van der Waals surface area contributed by atoms with E-state index in [4.69, 9.17) is 0 Å². The van der Waals surface area contributed by atoms with Gasteiger partial charge in [-0.2, -0.15) is 0 Å². The summed E-state index contributed by atoms with van der Waals surface area (Å²) in [7, 11) is 3.81. The molecule has 5 heteroatoms. The number of benzene rings is 1. The van der Waals surface area contributed by atoms with Gasteiger partial charge in [0.25, 0.3) is 5.91 Å². The molecular formula is C19H20BrN3O. The minimum absolute atomic E-state index is 0.0146. The normalized spacial score (nSPS) is 10.8. The maximum Gasteiger partial charge on any atom is 0.254 e. The van der Waals surface area contributed by atoms with Gasteiger partial charge >= 0.3 is 0 Å². The van der Waals surface area contributed by atoms with Crippen LogP contribution in [0.3, 0.4) is 0 Å².